The average Bonchev–Trinajstić information content (AvgIpc) is 3.01. The molecule has 1 aromatic carbocycles. The van der Waals surface area contributed by atoms with E-state index in [9.17, 15) is 13.2 Å². The van der Waals surface area contributed by atoms with Crippen molar-refractivity contribution in [2.45, 2.75) is 17.9 Å². The van der Waals surface area contributed by atoms with Crippen molar-refractivity contribution in [1.29, 1.82) is 0 Å². The van der Waals surface area contributed by atoms with E-state index in [1.165, 1.54) is 12.1 Å². The lowest BCUT2D eigenvalue weighted by Gasteiger charge is -2.22. The Balaban J connectivity index is 1.98. The highest BCUT2D eigenvalue weighted by molar-refractivity contribution is 7.90. The number of hydrogen-bond donors (Lipinski definition) is 2. The third-order valence-corrected chi connectivity index (χ3v) is 4.86. The predicted octanol–water partition coefficient (Wildman–Crippen LogP) is 1.88. The second kappa shape index (κ2) is 7.50. The molecule has 2 amide bonds. The smallest absolute Gasteiger partial charge is 0.328 e. The highest BCUT2D eigenvalue weighted by Gasteiger charge is 2.21. The van der Waals surface area contributed by atoms with Crippen molar-refractivity contribution in [3.8, 4) is 0 Å². The molecule has 0 radical (unpaired) electrons. The fraction of sp³-hybridized carbons (Fsp3) is 0.312. The van der Waals surface area contributed by atoms with Gasteiger partial charge in [0.25, 0.3) is 10.0 Å². The first kappa shape index (κ1) is 18.0. The lowest BCUT2D eigenvalue weighted by molar-refractivity contribution is 0.229. The lowest BCUT2D eigenvalue weighted by Crippen LogP contribution is -2.42. The Morgan fingerprint density at radius 1 is 1.21 bits per heavy atom. The molecule has 0 bridgehead atoms. The van der Waals surface area contributed by atoms with Crippen LogP contribution in [0, 0.1) is 6.92 Å². The van der Waals surface area contributed by atoms with Crippen LogP contribution in [0.2, 0.25) is 0 Å². The molecule has 24 heavy (non-hydrogen) atoms. The first-order valence-corrected chi connectivity index (χ1v) is 8.85. The van der Waals surface area contributed by atoms with Gasteiger partial charge in [-0.3, -0.25) is 4.90 Å². The highest BCUT2D eigenvalue weighted by atomic mass is 32.2. The van der Waals surface area contributed by atoms with Crippen LogP contribution < -0.4 is 10.0 Å². The topological polar surface area (TPSA) is 91.6 Å². The number of carbonyl (C=O) groups is 1. The van der Waals surface area contributed by atoms with Crippen molar-refractivity contribution >= 4 is 16.1 Å². The summed E-state index contributed by atoms with van der Waals surface area (Å²) in [5, 5.41) is 2.56. The molecule has 0 aliphatic rings. The molecular weight excluding hydrogens is 330 g/mol. The fourth-order valence-corrected chi connectivity index (χ4v) is 3.07. The maximum atomic E-state index is 12.2. The molecular formula is C16H21N3O4S. The van der Waals surface area contributed by atoms with Crippen LogP contribution in [0.1, 0.15) is 17.4 Å². The van der Waals surface area contributed by atoms with Crippen LogP contribution in [0.15, 0.2) is 52.0 Å². The lowest BCUT2D eigenvalue weighted by atomic mass is 10.2. The molecule has 1 aromatic heterocycles. The maximum absolute atomic E-state index is 12.2. The molecule has 2 N–H and O–H groups in total. The normalized spacial score (nSPS) is 12.8. The summed E-state index contributed by atoms with van der Waals surface area (Å²) in [6, 6.07) is 8.83. The van der Waals surface area contributed by atoms with E-state index in [1.54, 1.807) is 30.5 Å². The second-order valence-electron chi connectivity index (χ2n) is 5.62. The number of rotatable bonds is 6. The highest BCUT2D eigenvalue weighted by Crippen LogP contribution is 2.17. The van der Waals surface area contributed by atoms with E-state index in [0.717, 1.165) is 5.56 Å². The van der Waals surface area contributed by atoms with Gasteiger partial charge in [-0.25, -0.2) is 17.9 Å². The quantitative estimate of drug-likeness (QED) is 0.829. The first-order valence-electron chi connectivity index (χ1n) is 7.37. The Hall–Kier alpha value is -2.32. The zero-order valence-electron chi connectivity index (χ0n) is 13.8. The van der Waals surface area contributed by atoms with Gasteiger partial charge in [0.05, 0.1) is 17.2 Å². The summed E-state index contributed by atoms with van der Waals surface area (Å²) in [7, 11) is -0.211. The van der Waals surface area contributed by atoms with Crippen LogP contribution in [-0.4, -0.2) is 40.0 Å². The Morgan fingerprint density at radius 3 is 2.42 bits per heavy atom. The number of furan rings is 1. The van der Waals surface area contributed by atoms with Gasteiger partial charge in [0.1, 0.15) is 5.76 Å². The van der Waals surface area contributed by atoms with E-state index in [1.807, 2.05) is 30.6 Å². The van der Waals surface area contributed by atoms with E-state index < -0.39 is 16.1 Å². The summed E-state index contributed by atoms with van der Waals surface area (Å²) in [6.45, 7) is 2.06. The molecule has 0 aliphatic carbocycles. The van der Waals surface area contributed by atoms with E-state index >= 15 is 0 Å². The Morgan fingerprint density at radius 2 is 1.88 bits per heavy atom. The number of sulfonamides is 1. The maximum Gasteiger partial charge on any atom is 0.328 e. The molecule has 2 aromatic rings. The number of aryl methyl sites for hydroxylation is 1. The number of urea groups is 1. The van der Waals surface area contributed by atoms with Gasteiger partial charge in [-0.1, -0.05) is 17.7 Å². The first-order chi connectivity index (χ1) is 11.3. The number of nitrogens with zero attached hydrogens (tertiary/aromatic N) is 1. The van der Waals surface area contributed by atoms with Crippen molar-refractivity contribution < 1.29 is 17.6 Å². The summed E-state index contributed by atoms with van der Waals surface area (Å²) in [6.07, 6.45) is 1.55. The summed E-state index contributed by atoms with van der Waals surface area (Å²) in [5.74, 6) is 0.682. The third-order valence-electron chi connectivity index (χ3n) is 3.51. The van der Waals surface area contributed by atoms with Gasteiger partial charge >= 0.3 is 6.03 Å². The van der Waals surface area contributed by atoms with Crippen molar-refractivity contribution in [3.63, 3.8) is 0 Å². The number of carbonyl (C=O) groups excluding carboxylic acids is 1. The summed E-state index contributed by atoms with van der Waals surface area (Å²) in [5.41, 5.74) is 0.936. The van der Waals surface area contributed by atoms with Crippen molar-refractivity contribution in [1.82, 2.24) is 14.9 Å². The Labute approximate surface area is 141 Å². The fourth-order valence-electron chi connectivity index (χ4n) is 2.14. The minimum Gasteiger partial charge on any atom is -0.468 e. The van der Waals surface area contributed by atoms with Gasteiger partial charge in [-0.05, 0) is 45.3 Å². The largest absolute Gasteiger partial charge is 0.468 e. The molecule has 2 rings (SSSR count). The molecule has 0 saturated carbocycles. The van der Waals surface area contributed by atoms with Crippen LogP contribution >= 0.6 is 0 Å². The SMILES string of the molecule is Cc1ccc(S(=O)(=O)NC(=O)NCC(c2ccco2)N(C)C)cc1. The average molecular weight is 351 g/mol. The minimum atomic E-state index is -3.90. The van der Waals surface area contributed by atoms with Gasteiger partial charge in [-0.2, -0.15) is 0 Å². The molecule has 0 spiro atoms. The molecule has 1 unspecified atom stereocenters. The van der Waals surface area contributed by atoms with E-state index in [2.05, 4.69) is 5.32 Å². The molecule has 0 aliphatic heterocycles. The van der Waals surface area contributed by atoms with Crippen molar-refractivity contribution in [3.05, 3.63) is 54.0 Å². The molecule has 7 nitrogen and oxygen atoms in total. The van der Waals surface area contributed by atoms with Crippen LogP contribution in [0.25, 0.3) is 0 Å². The van der Waals surface area contributed by atoms with Crippen LogP contribution in [0.5, 0.6) is 0 Å². The van der Waals surface area contributed by atoms with Gasteiger partial charge in [0, 0.05) is 6.54 Å². The zero-order chi connectivity index (χ0) is 17.7. The van der Waals surface area contributed by atoms with E-state index in [4.69, 9.17) is 4.42 Å². The van der Waals surface area contributed by atoms with Crippen molar-refractivity contribution in [2.24, 2.45) is 0 Å². The predicted molar refractivity (Wildman–Crippen MR) is 90.0 cm³/mol. The molecule has 130 valence electrons. The molecule has 0 saturated heterocycles. The zero-order valence-corrected chi connectivity index (χ0v) is 14.6. The molecule has 1 atom stereocenters. The van der Waals surface area contributed by atoms with E-state index in [-0.39, 0.29) is 17.5 Å². The van der Waals surface area contributed by atoms with Crippen LogP contribution in [0.4, 0.5) is 4.79 Å². The third kappa shape index (κ3) is 4.59. The van der Waals surface area contributed by atoms with Gasteiger partial charge in [0.15, 0.2) is 0 Å². The van der Waals surface area contributed by atoms with Crippen molar-refractivity contribution in [2.75, 3.05) is 20.6 Å². The Bertz CT molecular complexity index is 768. The monoisotopic (exact) mass is 351 g/mol. The number of amides is 2. The summed E-state index contributed by atoms with van der Waals surface area (Å²) < 4.78 is 31.7. The molecule has 8 heteroatoms. The number of hydrogen-bond acceptors (Lipinski definition) is 5. The number of benzene rings is 1. The molecule has 0 fully saturated rings. The number of likely N-dealkylation sites (N-methyl/N-ethyl adjacent to an activating group) is 1. The standard InChI is InChI=1S/C16H21N3O4S/c1-12-6-8-13(9-7-12)24(21,22)18-16(20)17-11-14(19(2)3)15-5-4-10-23-15/h4-10,14H,11H2,1-3H3,(H2,17,18,20). The summed E-state index contributed by atoms with van der Waals surface area (Å²) in [4.78, 5) is 13.9. The van der Waals surface area contributed by atoms with E-state index in [0.29, 0.717) is 5.76 Å². The van der Waals surface area contributed by atoms with Crippen LogP contribution in [0.3, 0.4) is 0 Å². The van der Waals surface area contributed by atoms with Gasteiger partial charge < -0.3 is 9.73 Å². The second-order valence-corrected chi connectivity index (χ2v) is 7.31. The summed E-state index contributed by atoms with van der Waals surface area (Å²) >= 11 is 0. The van der Waals surface area contributed by atoms with Gasteiger partial charge in [-0.15, -0.1) is 0 Å². The number of nitrogens with one attached hydrogen (secondary N) is 2. The molecule has 1 heterocycles. The Kier molecular flexibility index (Phi) is 5.63. The van der Waals surface area contributed by atoms with Gasteiger partial charge in [0.2, 0.25) is 0 Å². The minimum absolute atomic E-state index is 0.0402. The van der Waals surface area contributed by atoms with Crippen LogP contribution in [-0.2, 0) is 10.0 Å².